The molecule has 3 aromatic heterocycles. The molecule has 3 heterocycles. The largest absolute Gasteiger partial charge is 0.459 e. The molecule has 7 nitrogen and oxygen atoms in total. The van der Waals surface area contributed by atoms with Crippen LogP contribution >= 0.6 is 0 Å². The topological polar surface area (TPSA) is 81.1 Å². The van der Waals surface area contributed by atoms with Crippen molar-refractivity contribution < 1.29 is 8.83 Å². The molecule has 0 saturated heterocycles. The molecule has 0 spiro atoms. The Morgan fingerprint density at radius 1 is 1.27 bits per heavy atom. The van der Waals surface area contributed by atoms with E-state index in [1.165, 1.54) is 0 Å². The highest BCUT2D eigenvalue weighted by Crippen LogP contribution is 2.18. The van der Waals surface area contributed by atoms with E-state index in [4.69, 9.17) is 8.83 Å². The summed E-state index contributed by atoms with van der Waals surface area (Å²) in [5, 5.41) is 8.05. The van der Waals surface area contributed by atoms with Gasteiger partial charge in [0.05, 0.1) is 18.5 Å². The standard InChI is InChI=1S/C15H17N5O2/c1-11(8-12-9-16-5-6-17-12)20(2)10-14-18-19-15(22-14)13-4-3-7-21-13/h3-7,9,11H,8,10H2,1-2H3/t11-/m0/s1. The van der Waals surface area contributed by atoms with Crippen LogP contribution in [0, 0.1) is 0 Å². The van der Waals surface area contributed by atoms with Gasteiger partial charge in [-0.15, -0.1) is 10.2 Å². The monoisotopic (exact) mass is 299 g/mol. The highest BCUT2D eigenvalue weighted by molar-refractivity contribution is 5.42. The van der Waals surface area contributed by atoms with E-state index in [0.717, 1.165) is 12.1 Å². The quantitative estimate of drug-likeness (QED) is 0.690. The fraction of sp³-hybridized carbons (Fsp3) is 0.333. The van der Waals surface area contributed by atoms with Crippen LogP contribution in [0.25, 0.3) is 11.7 Å². The molecule has 1 atom stereocenters. The summed E-state index contributed by atoms with van der Waals surface area (Å²) in [5.41, 5.74) is 0.962. The molecule has 0 N–H and O–H groups in total. The van der Waals surface area contributed by atoms with Gasteiger partial charge in [0, 0.05) is 31.1 Å². The first-order valence-corrected chi connectivity index (χ1v) is 7.04. The molecular formula is C15H17N5O2. The maximum Gasteiger partial charge on any atom is 0.283 e. The van der Waals surface area contributed by atoms with Crippen LogP contribution in [-0.4, -0.2) is 38.2 Å². The van der Waals surface area contributed by atoms with Crippen molar-refractivity contribution in [2.45, 2.75) is 25.9 Å². The van der Waals surface area contributed by atoms with Gasteiger partial charge in [0.15, 0.2) is 5.76 Å². The van der Waals surface area contributed by atoms with Crippen molar-refractivity contribution in [2.75, 3.05) is 7.05 Å². The zero-order chi connectivity index (χ0) is 15.4. The summed E-state index contributed by atoms with van der Waals surface area (Å²) in [4.78, 5) is 10.5. The summed E-state index contributed by atoms with van der Waals surface area (Å²) in [6.45, 7) is 2.69. The van der Waals surface area contributed by atoms with Crippen molar-refractivity contribution in [3.05, 3.63) is 48.6 Å². The first-order chi connectivity index (χ1) is 10.7. The maximum atomic E-state index is 5.61. The van der Waals surface area contributed by atoms with E-state index in [-0.39, 0.29) is 6.04 Å². The molecular weight excluding hydrogens is 282 g/mol. The average Bonchev–Trinajstić information content (AvgIpc) is 3.19. The molecule has 22 heavy (non-hydrogen) atoms. The van der Waals surface area contributed by atoms with E-state index in [2.05, 4.69) is 32.0 Å². The lowest BCUT2D eigenvalue weighted by molar-refractivity contribution is 0.223. The van der Waals surface area contributed by atoms with Crippen LogP contribution in [-0.2, 0) is 13.0 Å². The van der Waals surface area contributed by atoms with Crippen LogP contribution in [0.3, 0.4) is 0 Å². The summed E-state index contributed by atoms with van der Waals surface area (Å²) in [7, 11) is 2.01. The van der Waals surface area contributed by atoms with E-state index in [1.807, 2.05) is 7.05 Å². The molecule has 0 aliphatic heterocycles. The van der Waals surface area contributed by atoms with Gasteiger partial charge in [-0.1, -0.05) is 0 Å². The van der Waals surface area contributed by atoms with Gasteiger partial charge in [-0.2, -0.15) is 0 Å². The second-order valence-electron chi connectivity index (χ2n) is 5.14. The van der Waals surface area contributed by atoms with E-state index in [1.54, 1.807) is 37.0 Å². The Kier molecular flexibility index (Phi) is 4.24. The Balaban J connectivity index is 1.60. The minimum atomic E-state index is 0.274. The molecule has 3 aromatic rings. The lowest BCUT2D eigenvalue weighted by Gasteiger charge is -2.22. The smallest absolute Gasteiger partial charge is 0.283 e. The van der Waals surface area contributed by atoms with Crippen molar-refractivity contribution in [3.8, 4) is 11.7 Å². The zero-order valence-corrected chi connectivity index (χ0v) is 12.5. The molecule has 7 heteroatoms. The summed E-state index contributed by atoms with van der Waals surface area (Å²) in [6.07, 6.45) is 7.55. The molecule has 3 rings (SSSR count). The third-order valence-electron chi connectivity index (χ3n) is 3.46. The lowest BCUT2D eigenvalue weighted by Crippen LogP contribution is -2.30. The van der Waals surface area contributed by atoms with Crippen molar-refractivity contribution in [2.24, 2.45) is 0 Å². The lowest BCUT2D eigenvalue weighted by atomic mass is 10.1. The molecule has 0 radical (unpaired) electrons. The van der Waals surface area contributed by atoms with Gasteiger partial charge in [0.2, 0.25) is 5.89 Å². The molecule has 0 aromatic carbocycles. The number of aromatic nitrogens is 4. The maximum absolute atomic E-state index is 5.61. The average molecular weight is 299 g/mol. The predicted octanol–water partition coefficient (Wildman–Crippen LogP) is 2.18. The Morgan fingerprint density at radius 3 is 2.91 bits per heavy atom. The minimum absolute atomic E-state index is 0.274. The van der Waals surface area contributed by atoms with E-state index < -0.39 is 0 Å². The molecule has 0 aliphatic rings. The Bertz CT molecular complexity index is 696. The van der Waals surface area contributed by atoms with Crippen LogP contribution in [0.4, 0.5) is 0 Å². The van der Waals surface area contributed by atoms with E-state index >= 15 is 0 Å². The summed E-state index contributed by atoms with van der Waals surface area (Å²) in [5.74, 6) is 1.53. The second-order valence-corrected chi connectivity index (χ2v) is 5.14. The van der Waals surface area contributed by atoms with Gasteiger partial charge < -0.3 is 8.83 Å². The number of hydrogen-bond acceptors (Lipinski definition) is 7. The summed E-state index contributed by atoms with van der Waals surface area (Å²) in [6, 6.07) is 3.85. The van der Waals surface area contributed by atoms with E-state index in [9.17, 15) is 0 Å². The van der Waals surface area contributed by atoms with Crippen LogP contribution in [0.2, 0.25) is 0 Å². The summed E-state index contributed by atoms with van der Waals surface area (Å²) >= 11 is 0. The second kappa shape index (κ2) is 6.48. The fourth-order valence-corrected chi connectivity index (χ4v) is 2.08. The first-order valence-electron chi connectivity index (χ1n) is 7.04. The molecule has 0 saturated carbocycles. The molecule has 0 fully saturated rings. The van der Waals surface area contributed by atoms with Gasteiger partial charge >= 0.3 is 0 Å². The van der Waals surface area contributed by atoms with Crippen molar-refractivity contribution in [1.29, 1.82) is 0 Å². The Hall–Kier alpha value is -2.54. The normalized spacial score (nSPS) is 12.7. The van der Waals surface area contributed by atoms with Crippen LogP contribution < -0.4 is 0 Å². The van der Waals surface area contributed by atoms with Gasteiger partial charge in [0.25, 0.3) is 5.89 Å². The third-order valence-corrected chi connectivity index (χ3v) is 3.46. The minimum Gasteiger partial charge on any atom is -0.459 e. The van der Waals surface area contributed by atoms with Gasteiger partial charge in [-0.25, -0.2) is 0 Å². The highest BCUT2D eigenvalue weighted by Gasteiger charge is 2.16. The van der Waals surface area contributed by atoms with E-state index in [0.29, 0.717) is 24.1 Å². The zero-order valence-electron chi connectivity index (χ0n) is 12.5. The number of likely N-dealkylation sites (N-methyl/N-ethyl adjacent to an activating group) is 1. The predicted molar refractivity (Wildman–Crippen MR) is 78.7 cm³/mol. The number of hydrogen-bond donors (Lipinski definition) is 0. The van der Waals surface area contributed by atoms with Crippen molar-refractivity contribution >= 4 is 0 Å². The molecule has 0 aliphatic carbocycles. The molecule has 0 unspecified atom stereocenters. The Morgan fingerprint density at radius 2 is 2.18 bits per heavy atom. The summed E-state index contributed by atoms with van der Waals surface area (Å²) < 4.78 is 10.9. The highest BCUT2D eigenvalue weighted by atomic mass is 16.4. The van der Waals surface area contributed by atoms with Crippen molar-refractivity contribution in [1.82, 2.24) is 25.1 Å². The molecule has 114 valence electrons. The SMILES string of the molecule is C[C@@H](Cc1cnccn1)N(C)Cc1nnc(-c2ccco2)o1. The molecule has 0 bridgehead atoms. The number of rotatable bonds is 6. The number of furan rings is 1. The van der Waals surface area contributed by atoms with Gasteiger partial charge in [-0.3, -0.25) is 14.9 Å². The van der Waals surface area contributed by atoms with Gasteiger partial charge in [-0.05, 0) is 26.1 Å². The van der Waals surface area contributed by atoms with Gasteiger partial charge in [0.1, 0.15) is 0 Å². The van der Waals surface area contributed by atoms with Crippen LogP contribution in [0.1, 0.15) is 18.5 Å². The van der Waals surface area contributed by atoms with Crippen LogP contribution in [0.5, 0.6) is 0 Å². The first kappa shape index (κ1) is 14.4. The third kappa shape index (κ3) is 3.37. The number of nitrogens with zero attached hydrogens (tertiary/aromatic N) is 5. The van der Waals surface area contributed by atoms with Crippen LogP contribution in [0.15, 0.2) is 45.8 Å². The Labute approximate surface area is 128 Å². The van der Waals surface area contributed by atoms with Crippen molar-refractivity contribution in [3.63, 3.8) is 0 Å². The fourth-order valence-electron chi connectivity index (χ4n) is 2.08. The molecule has 0 amide bonds.